The number of aromatic hydroxyl groups is 1. The quantitative estimate of drug-likeness (QED) is 0.569. The molecule has 0 fully saturated rings. The molecule has 2 aromatic carbocycles. The Morgan fingerprint density at radius 3 is 2.37 bits per heavy atom. The molecule has 0 aromatic heterocycles. The first-order valence-corrected chi connectivity index (χ1v) is 9.02. The summed E-state index contributed by atoms with van der Waals surface area (Å²) in [6.45, 7) is 0. The van der Waals surface area contributed by atoms with Crippen molar-refractivity contribution in [2.24, 2.45) is 0 Å². The lowest BCUT2D eigenvalue weighted by molar-refractivity contribution is -0.144. The Morgan fingerprint density at radius 2 is 1.73 bits per heavy atom. The highest BCUT2D eigenvalue weighted by molar-refractivity contribution is 5.88. The number of phenols is 1. The standard InChI is InChI=1S/C22H22O8/c1-26-16-11-13(6-7-15(16)23)20-19(22(25)29-4)14-9-12(5-8-18(24)28-3)10-17(27-2)21(14)30-20/h5-11,19-20,23H,1-4H3/b8-5+/t19?,20-/m1/s1. The second-order valence-electron chi connectivity index (χ2n) is 6.47. The molecule has 1 unspecified atom stereocenters. The molecule has 0 spiro atoms. The number of carbonyl (C=O) groups excluding carboxylic acids is 2. The van der Waals surface area contributed by atoms with E-state index in [-0.39, 0.29) is 11.5 Å². The normalized spacial score (nSPS) is 17.2. The number of rotatable bonds is 6. The SMILES string of the molecule is COC(=O)/C=C/c1cc(OC)c2c(c1)C(C(=O)OC)[C@@H](c1ccc(O)c(OC)c1)O2. The van der Waals surface area contributed by atoms with Gasteiger partial charge in [0.1, 0.15) is 12.0 Å². The number of methoxy groups -OCH3 is 4. The molecule has 30 heavy (non-hydrogen) atoms. The van der Waals surface area contributed by atoms with Crippen LogP contribution in [0.15, 0.2) is 36.4 Å². The number of ether oxygens (including phenoxy) is 5. The van der Waals surface area contributed by atoms with Crippen molar-refractivity contribution in [2.75, 3.05) is 28.4 Å². The van der Waals surface area contributed by atoms with E-state index in [1.54, 1.807) is 30.3 Å². The highest BCUT2D eigenvalue weighted by atomic mass is 16.5. The van der Waals surface area contributed by atoms with Crippen LogP contribution in [0.5, 0.6) is 23.0 Å². The van der Waals surface area contributed by atoms with E-state index in [1.807, 2.05) is 0 Å². The maximum atomic E-state index is 12.7. The third-order valence-electron chi connectivity index (χ3n) is 4.81. The predicted octanol–water partition coefficient (Wildman–Crippen LogP) is 2.99. The van der Waals surface area contributed by atoms with Crippen LogP contribution in [0.4, 0.5) is 0 Å². The van der Waals surface area contributed by atoms with Gasteiger partial charge >= 0.3 is 11.9 Å². The van der Waals surface area contributed by atoms with E-state index in [0.717, 1.165) is 0 Å². The van der Waals surface area contributed by atoms with Crippen LogP contribution in [-0.4, -0.2) is 45.5 Å². The Bertz CT molecular complexity index is 995. The summed E-state index contributed by atoms with van der Waals surface area (Å²) in [5.41, 5.74) is 1.80. The molecule has 1 aliphatic rings. The van der Waals surface area contributed by atoms with Gasteiger partial charge in [-0.2, -0.15) is 0 Å². The van der Waals surface area contributed by atoms with E-state index in [0.29, 0.717) is 28.2 Å². The van der Waals surface area contributed by atoms with Crippen molar-refractivity contribution in [3.8, 4) is 23.0 Å². The highest BCUT2D eigenvalue weighted by Crippen LogP contribution is 2.52. The van der Waals surface area contributed by atoms with Crippen molar-refractivity contribution in [1.82, 2.24) is 0 Å². The van der Waals surface area contributed by atoms with Crippen LogP contribution in [0.3, 0.4) is 0 Å². The van der Waals surface area contributed by atoms with Crippen LogP contribution < -0.4 is 14.2 Å². The zero-order valence-corrected chi connectivity index (χ0v) is 17.0. The summed E-state index contributed by atoms with van der Waals surface area (Å²) in [4.78, 5) is 24.1. The lowest BCUT2D eigenvalue weighted by Gasteiger charge is -2.18. The second kappa shape index (κ2) is 8.77. The minimum absolute atomic E-state index is 0.0285. The highest BCUT2D eigenvalue weighted by Gasteiger charge is 2.43. The van der Waals surface area contributed by atoms with E-state index in [1.165, 1.54) is 40.6 Å². The first kappa shape index (κ1) is 21.0. The molecular weight excluding hydrogens is 392 g/mol. The molecule has 0 aliphatic carbocycles. The Labute approximate surface area is 173 Å². The number of hydrogen-bond donors (Lipinski definition) is 1. The number of fused-ring (bicyclic) bond motifs is 1. The van der Waals surface area contributed by atoms with Crippen LogP contribution in [0.2, 0.25) is 0 Å². The minimum atomic E-state index is -0.792. The molecule has 0 amide bonds. The van der Waals surface area contributed by atoms with Crippen LogP contribution in [-0.2, 0) is 19.1 Å². The lowest BCUT2D eigenvalue weighted by atomic mass is 9.90. The van der Waals surface area contributed by atoms with Gasteiger partial charge in [0.25, 0.3) is 0 Å². The topological polar surface area (TPSA) is 101 Å². The van der Waals surface area contributed by atoms with E-state index >= 15 is 0 Å². The van der Waals surface area contributed by atoms with Crippen LogP contribution in [0.1, 0.15) is 28.7 Å². The van der Waals surface area contributed by atoms with Gasteiger partial charge in [-0.25, -0.2) is 4.79 Å². The molecule has 0 saturated carbocycles. The van der Waals surface area contributed by atoms with Crippen LogP contribution in [0, 0.1) is 0 Å². The van der Waals surface area contributed by atoms with Crippen molar-refractivity contribution in [2.45, 2.75) is 12.0 Å². The third-order valence-corrected chi connectivity index (χ3v) is 4.81. The first-order valence-electron chi connectivity index (χ1n) is 9.02. The third kappa shape index (κ3) is 3.89. The average molecular weight is 414 g/mol. The Morgan fingerprint density at radius 1 is 1.00 bits per heavy atom. The summed E-state index contributed by atoms with van der Waals surface area (Å²) < 4.78 is 26.4. The number of esters is 2. The number of benzene rings is 2. The largest absolute Gasteiger partial charge is 0.504 e. The summed E-state index contributed by atoms with van der Waals surface area (Å²) in [5.74, 6) is -0.770. The molecule has 1 aliphatic heterocycles. The maximum Gasteiger partial charge on any atom is 0.330 e. The van der Waals surface area contributed by atoms with Crippen molar-refractivity contribution in [3.63, 3.8) is 0 Å². The first-order chi connectivity index (χ1) is 14.4. The summed E-state index contributed by atoms with van der Waals surface area (Å²) in [6.07, 6.45) is 2.10. The molecule has 3 rings (SSSR count). The lowest BCUT2D eigenvalue weighted by Crippen LogP contribution is -2.20. The Kier molecular flexibility index (Phi) is 6.15. The van der Waals surface area contributed by atoms with E-state index in [9.17, 15) is 14.7 Å². The molecule has 0 bridgehead atoms. The zero-order chi connectivity index (χ0) is 21.8. The average Bonchev–Trinajstić information content (AvgIpc) is 3.16. The molecule has 1 N–H and O–H groups in total. The summed E-state index contributed by atoms with van der Waals surface area (Å²) in [5, 5.41) is 9.89. The number of carbonyl (C=O) groups is 2. The molecule has 8 nitrogen and oxygen atoms in total. The van der Waals surface area contributed by atoms with E-state index in [2.05, 4.69) is 4.74 Å². The Hall–Kier alpha value is -3.68. The molecule has 8 heteroatoms. The summed E-state index contributed by atoms with van der Waals surface area (Å²) in [7, 11) is 5.50. The number of phenolic OH excluding ortho intramolecular Hbond substituents is 1. The molecule has 2 aromatic rings. The van der Waals surface area contributed by atoms with Crippen molar-refractivity contribution < 1.29 is 38.4 Å². The molecule has 0 radical (unpaired) electrons. The fourth-order valence-electron chi connectivity index (χ4n) is 3.35. The number of hydrogen-bond acceptors (Lipinski definition) is 8. The van der Waals surface area contributed by atoms with Gasteiger partial charge < -0.3 is 28.8 Å². The monoisotopic (exact) mass is 414 g/mol. The van der Waals surface area contributed by atoms with Crippen molar-refractivity contribution in [1.29, 1.82) is 0 Å². The van der Waals surface area contributed by atoms with Gasteiger partial charge in [-0.05, 0) is 41.5 Å². The smallest absolute Gasteiger partial charge is 0.330 e. The fraction of sp³-hybridized carbons (Fsp3) is 0.273. The maximum absolute atomic E-state index is 12.7. The van der Waals surface area contributed by atoms with Gasteiger partial charge in [0.15, 0.2) is 23.0 Å². The molecule has 158 valence electrons. The van der Waals surface area contributed by atoms with Gasteiger partial charge in [-0.15, -0.1) is 0 Å². The van der Waals surface area contributed by atoms with Gasteiger partial charge in [0.2, 0.25) is 0 Å². The van der Waals surface area contributed by atoms with Gasteiger partial charge in [-0.3, -0.25) is 4.79 Å². The zero-order valence-electron chi connectivity index (χ0n) is 17.0. The van der Waals surface area contributed by atoms with Crippen LogP contribution >= 0.6 is 0 Å². The molecule has 0 saturated heterocycles. The van der Waals surface area contributed by atoms with Gasteiger partial charge in [-0.1, -0.05) is 6.07 Å². The van der Waals surface area contributed by atoms with Gasteiger partial charge in [0.05, 0.1) is 28.4 Å². The molecular formula is C22H22O8. The summed E-state index contributed by atoms with van der Waals surface area (Å²) >= 11 is 0. The van der Waals surface area contributed by atoms with E-state index < -0.39 is 24.0 Å². The summed E-state index contributed by atoms with van der Waals surface area (Å²) in [6, 6.07) is 8.14. The van der Waals surface area contributed by atoms with E-state index in [4.69, 9.17) is 18.9 Å². The van der Waals surface area contributed by atoms with Crippen molar-refractivity contribution in [3.05, 3.63) is 53.1 Å². The Balaban J connectivity index is 2.11. The fourth-order valence-corrected chi connectivity index (χ4v) is 3.35. The minimum Gasteiger partial charge on any atom is -0.504 e. The predicted molar refractivity (Wildman–Crippen MR) is 107 cm³/mol. The molecule has 1 heterocycles. The second-order valence-corrected chi connectivity index (χ2v) is 6.47. The van der Waals surface area contributed by atoms with Gasteiger partial charge in [0, 0.05) is 11.6 Å². The molecule has 2 atom stereocenters. The van der Waals surface area contributed by atoms with Crippen LogP contribution in [0.25, 0.3) is 6.08 Å². The van der Waals surface area contributed by atoms with Crippen molar-refractivity contribution >= 4 is 18.0 Å².